The van der Waals surface area contributed by atoms with Gasteiger partial charge in [0.05, 0.1) is 6.61 Å². The van der Waals surface area contributed by atoms with Crippen LogP contribution in [-0.2, 0) is 9.53 Å². The maximum absolute atomic E-state index is 11.4. The SMILES string of the molecule is C=CCCCCCCCCC(=O)OCCC/C=C/C. The summed E-state index contributed by atoms with van der Waals surface area (Å²) in [5.41, 5.74) is 0. The lowest BCUT2D eigenvalue weighted by atomic mass is 10.1. The fourth-order valence-corrected chi connectivity index (χ4v) is 1.89. The number of allylic oxidation sites excluding steroid dienone is 3. The van der Waals surface area contributed by atoms with Crippen LogP contribution in [0.5, 0.6) is 0 Å². The van der Waals surface area contributed by atoms with Gasteiger partial charge in [0, 0.05) is 6.42 Å². The summed E-state index contributed by atoms with van der Waals surface area (Å²) >= 11 is 0. The highest BCUT2D eigenvalue weighted by molar-refractivity contribution is 5.69. The van der Waals surface area contributed by atoms with Gasteiger partial charge >= 0.3 is 5.97 Å². The van der Waals surface area contributed by atoms with E-state index < -0.39 is 0 Å². The molecule has 0 saturated carbocycles. The van der Waals surface area contributed by atoms with Crippen molar-refractivity contribution in [2.75, 3.05) is 6.61 Å². The molecule has 19 heavy (non-hydrogen) atoms. The predicted octanol–water partition coefficient (Wildman–Crippen LogP) is 5.19. The minimum atomic E-state index is -0.0351. The largest absolute Gasteiger partial charge is 0.466 e. The van der Waals surface area contributed by atoms with Gasteiger partial charge in [-0.3, -0.25) is 4.79 Å². The van der Waals surface area contributed by atoms with Crippen LogP contribution in [0.15, 0.2) is 24.8 Å². The molecule has 0 saturated heterocycles. The zero-order valence-electron chi connectivity index (χ0n) is 12.5. The van der Waals surface area contributed by atoms with Gasteiger partial charge in [0.25, 0.3) is 0 Å². The van der Waals surface area contributed by atoms with Crippen molar-refractivity contribution >= 4 is 5.97 Å². The fourth-order valence-electron chi connectivity index (χ4n) is 1.89. The third kappa shape index (κ3) is 14.9. The molecule has 0 aromatic carbocycles. The molecule has 0 aromatic rings. The first kappa shape index (κ1) is 17.9. The van der Waals surface area contributed by atoms with Crippen LogP contribution < -0.4 is 0 Å². The third-order valence-corrected chi connectivity index (χ3v) is 3.05. The van der Waals surface area contributed by atoms with Gasteiger partial charge in [-0.2, -0.15) is 0 Å². The molecule has 0 spiro atoms. The van der Waals surface area contributed by atoms with Crippen LogP contribution in [0.1, 0.15) is 71.1 Å². The lowest BCUT2D eigenvalue weighted by Crippen LogP contribution is -2.05. The summed E-state index contributed by atoms with van der Waals surface area (Å²) in [4.78, 5) is 11.4. The Labute approximate surface area is 118 Å². The van der Waals surface area contributed by atoms with Crippen molar-refractivity contribution in [3.63, 3.8) is 0 Å². The lowest BCUT2D eigenvalue weighted by molar-refractivity contribution is -0.143. The molecule has 2 heteroatoms. The summed E-state index contributed by atoms with van der Waals surface area (Å²) in [5.74, 6) is -0.0351. The van der Waals surface area contributed by atoms with Gasteiger partial charge in [-0.1, -0.05) is 43.9 Å². The van der Waals surface area contributed by atoms with Crippen LogP contribution in [-0.4, -0.2) is 12.6 Å². The molecular weight excluding hydrogens is 236 g/mol. The van der Waals surface area contributed by atoms with Crippen molar-refractivity contribution in [1.29, 1.82) is 0 Å². The van der Waals surface area contributed by atoms with Crippen molar-refractivity contribution in [1.82, 2.24) is 0 Å². The molecule has 0 unspecified atom stereocenters. The normalized spacial score (nSPS) is 10.8. The minimum Gasteiger partial charge on any atom is -0.466 e. The van der Waals surface area contributed by atoms with E-state index in [0.29, 0.717) is 13.0 Å². The first-order chi connectivity index (χ1) is 9.31. The van der Waals surface area contributed by atoms with Gasteiger partial charge in [0.15, 0.2) is 0 Å². The van der Waals surface area contributed by atoms with E-state index in [1.807, 2.05) is 19.1 Å². The van der Waals surface area contributed by atoms with Crippen LogP contribution in [0.25, 0.3) is 0 Å². The third-order valence-electron chi connectivity index (χ3n) is 3.05. The molecule has 0 fully saturated rings. The first-order valence-corrected chi connectivity index (χ1v) is 7.69. The number of rotatable bonds is 13. The summed E-state index contributed by atoms with van der Waals surface area (Å²) < 4.78 is 5.16. The van der Waals surface area contributed by atoms with Gasteiger partial charge in [-0.25, -0.2) is 0 Å². The van der Waals surface area contributed by atoms with E-state index in [9.17, 15) is 4.79 Å². The van der Waals surface area contributed by atoms with E-state index in [1.54, 1.807) is 0 Å². The standard InChI is InChI=1S/C17H30O2/c1-3-5-7-9-10-11-12-13-15-17(18)19-16-14-8-6-4-2/h3-4,6H,1,5,7-16H2,2H3/b6-4+. The van der Waals surface area contributed by atoms with E-state index in [2.05, 4.69) is 12.7 Å². The lowest BCUT2D eigenvalue weighted by Gasteiger charge is -2.04. The Balaban J connectivity index is 3.18. The van der Waals surface area contributed by atoms with Crippen molar-refractivity contribution in [2.24, 2.45) is 0 Å². The molecule has 0 rings (SSSR count). The Hall–Kier alpha value is -1.05. The maximum Gasteiger partial charge on any atom is 0.305 e. The Bertz CT molecular complexity index is 244. The van der Waals surface area contributed by atoms with Crippen molar-refractivity contribution in [3.05, 3.63) is 24.8 Å². The topological polar surface area (TPSA) is 26.3 Å². The number of hydrogen-bond acceptors (Lipinski definition) is 2. The van der Waals surface area contributed by atoms with Crippen LogP contribution in [0.3, 0.4) is 0 Å². The van der Waals surface area contributed by atoms with E-state index >= 15 is 0 Å². The zero-order chi connectivity index (χ0) is 14.2. The molecule has 0 aliphatic carbocycles. The molecule has 2 nitrogen and oxygen atoms in total. The molecule has 0 atom stereocenters. The summed E-state index contributed by atoms with van der Waals surface area (Å²) in [7, 11) is 0. The number of ether oxygens (including phenoxy) is 1. The van der Waals surface area contributed by atoms with E-state index in [0.717, 1.165) is 32.1 Å². The number of carbonyl (C=O) groups is 1. The monoisotopic (exact) mass is 266 g/mol. The Morgan fingerprint density at radius 2 is 1.68 bits per heavy atom. The second-order valence-corrected chi connectivity index (χ2v) is 4.88. The quantitative estimate of drug-likeness (QED) is 0.260. The maximum atomic E-state index is 11.4. The van der Waals surface area contributed by atoms with Crippen molar-refractivity contribution in [2.45, 2.75) is 71.1 Å². The molecule has 0 radical (unpaired) electrons. The van der Waals surface area contributed by atoms with Crippen molar-refractivity contribution in [3.8, 4) is 0 Å². The van der Waals surface area contributed by atoms with Gasteiger partial charge in [0.1, 0.15) is 0 Å². The minimum absolute atomic E-state index is 0.0351. The highest BCUT2D eigenvalue weighted by Gasteiger charge is 2.01. The smallest absolute Gasteiger partial charge is 0.305 e. The summed E-state index contributed by atoms with van der Waals surface area (Å²) in [6, 6.07) is 0. The average Bonchev–Trinajstić information content (AvgIpc) is 2.41. The number of unbranched alkanes of at least 4 members (excludes halogenated alkanes) is 7. The summed E-state index contributed by atoms with van der Waals surface area (Å²) in [6.07, 6.45) is 16.9. The highest BCUT2D eigenvalue weighted by Crippen LogP contribution is 2.09. The predicted molar refractivity (Wildman–Crippen MR) is 82.1 cm³/mol. The second kappa shape index (κ2) is 15.0. The Morgan fingerprint density at radius 1 is 1.00 bits per heavy atom. The number of hydrogen-bond donors (Lipinski definition) is 0. The molecule has 0 N–H and O–H groups in total. The van der Waals surface area contributed by atoms with Gasteiger partial charge < -0.3 is 4.74 Å². The Morgan fingerprint density at radius 3 is 2.37 bits per heavy atom. The van der Waals surface area contributed by atoms with E-state index in [4.69, 9.17) is 4.74 Å². The molecule has 0 aliphatic heterocycles. The van der Waals surface area contributed by atoms with Gasteiger partial charge in [-0.05, 0) is 39.0 Å². The van der Waals surface area contributed by atoms with Crippen LogP contribution in [0.2, 0.25) is 0 Å². The van der Waals surface area contributed by atoms with Crippen LogP contribution in [0.4, 0.5) is 0 Å². The molecule has 0 aliphatic rings. The summed E-state index contributed by atoms with van der Waals surface area (Å²) in [5, 5.41) is 0. The highest BCUT2D eigenvalue weighted by atomic mass is 16.5. The van der Waals surface area contributed by atoms with Gasteiger partial charge in [0.2, 0.25) is 0 Å². The van der Waals surface area contributed by atoms with E-state index in [-0.39, 0.29) is 5.97 Å². The molecule has 0 aromatic heterocycles. The second-order valence-electron chi connectivity index (χ2n) is 4.88. The number of esters is 1. The first-order valence-electron chi connectivity index (χ1n) is 7.69. The molecular formula is C17H30O2. The molecule has 0 amide bonds. The van der Waals surface area contributed by atoms with Gasteiger partial charge in [-0.15, -0.1) is 6.58 Å². The molecule has 0 heterocycles. The summed E-state index contributed by atoms with van der Waals surface area (Å²) in [6.45, 7) is 6.28. The fraction of sp³-hybridized carbons (Fsp3) is 0.706. The average molecular weight is 266 g/mol. The number of carbonyl (C=O) groups excluding carboxylic acids is 1. The zero-order valence-corrected chi connectivity index (χ0v) is 12.5. The van der Waals surface area contributed by atoms with Crippen LogP contribution in [0, 0.1) is 0 Å². The van der Waals surface area contributed by atoms with Crippen LogP contribution >= 0.6 is 0 Å². The Kier molecular flexibility index (Phi) is 14.2. The molecule has 110 valence electrons. The molecule has 0 bridgehead atoms. The van der Waals surface area contributed by atoms with E-state index in [1.165, 1.54) is 25.7 Å². The van der Waals surface area contributed by atoms with Crippen molar-refractivity contribution < 1.29 is 9.53 Å².